The molecule has 0 amide bonds. The normalized spacial score (nSPS) is 16.0. The Labute approximate surface area is 155 Å². The van der Waals surface area contributed by atoms with Gasteiger partial charge < -0.3 is 10.6 Å². The molecule has 6 nitrogen and oxygen atoms in total. The van der Waals surface area contributed by atoms with E-state index in [-0.39, 0.29) is 36.3 Å². The summed E-state index contributed by atoms with van der Waals surface area (Å²) in [7, 11) is -3.34. The van der Waals surface area contributed by atoms with E-state index in [1.54, 1.807) is 0 Å². The molecule has 1 fully saturated rings. The van der Waals surface area contributed by atoms with E-state index in [1.165, 1.54) is 6.42 Å². The van der Waals surface area contributed by atoms with Crippen LogP contribution in [-0.4, -0.2) is 44.7 Å². The fourth-order valence-electron chi connectivity index (χ4n) is 2.36. The molecule has 23 heavy (non-hydrogen) atoms. The minimum absolute atomic E-state index is 0. The van der Waals surface area contributed by atoms with Crippen LogP contribution in [-0.2, 0) is 16.6 Å². The van der Waals surface area contributed by atoms with Crippen molar-refractivity contribution in [1.29, 1.82) is 0 Å². The van der Waals surface area contributed by atoms with Gasteiger partial charge >= 0.3 is 0 Å². The third-order valence-corrected chi connectivity index (χ3v) is 4.96. The van der Waals surface area contributed by atoms with Crippen molar-refractivity contribution in [1.82, 2.24) is 9.62 Å². The standard InChI is InChI=1S/C15H24N4O2S.HI/c16-15(19-10-5-2-6-11-19)17-9-12-22(20,21)18-13-14-7-3-1-4-8-14;/h1,3-4,7-8,18H,2,5-6,9-13H2,(H2,16,17);1H. The summed E-state index contributed by atoms with van der Waals surface area (Å²) in [6.07, 6.45) is 3.46. The molecule has 3 N–H and O–H groups in total. The predicted octanol–water partition coefficient (Wildman–Crippen LogP) is 1.52. The van der Waals surface area contributed by atoms with Crippen molar-refractivity contribution in [3.05, 3.63) is 35.9 Å². The SMILES string of the molecule is I.NC(=NCCS(=O)(=O)NCc1ccccc1)N1CCCCC1. The zero-order valence-corrected chi connectivity index (χ0v) is 16.3. The van der Waals surface area contributed by atoms with Gasteiger partial charge in [0.05, 0.1) is 12.3 Å². The topological polar surface area (TPSA) is 87.8 Å². The Morgan fingerprint density at radius 1 is 1.17 bits per heavy atom. The molecule has 0 bridgehead atoms. The summed E-state index contributed by atoms with van der Waals surface area (Å²) in [5.74, 6) is 0.409. The summed E-state index contributed by atoms with van der Waals surface area (Å²) >= 11 is 0. The van der Waals surface area contributed by atoms with Crippen LogP contribution in [0.2, 0.25) is 0 Å². The molecule has 1 heterocycles. The molecule has 1 aliphatic heterocycles. The summed E-state index contributed by atoms with van der Waals surface area (Å²) < 4.78 is 26.4. The highest BCUT2D eigenvalue weighted by Crippen LogP contribution is 2.07. The molecule has 0 atom stereocenters. The smallest absolute Gasteiger partial charge is 0.213 e. The first-order chi connectivity index (χ1) is 10.6. The van der Waals surface area contributed by atoms with Gasteiger partial charge in [-0.1, -0.05) is 30.3 Å². The number of nitrogens with zero attached hydrogens (tertiary/aromatic N) is 2. The lowest BCUT2D eigenvalue weighted by Crippen LogP contribution is -2.41. The summed E-state index contributed by atoms with van der Waals surface area (Å²) in [6.45, 7) is 2.31. The van der Waals surface area contributed by atoms with E-state index >= 15 is 0 Å². The Morgan fingerprint density at radius 3 is 2.48 bits per heavy atom. The molecule has 0 spiro atoms. The average molecular weight is 452 g/mol. The van der Waals surface area contributed by atoms with Crippen LogP contribution in [0.15, 0.2) is 35.3 Å². The van der Waals surface area contributed by atoms with Crippen LogP contribution in [0.1, 0.15) is 24.8 Å². The van der Waals surface area contributed by atoms with Crippen molar-refractivity contribution in [3.8, 4) is 0 Å². The lowest BCUT2D eigenvalue weighted by molar-refractivity contribution is 0.338. The van der Waals surface area contributed by atoms with E-state index in [2.05, 4.69) is 9.71 Å². The molecule has 130 valence electrons. The van der Waals surface area contributed by atoms with Gasteiger partial charge in [0, 0.05) is 19.6 Å². The van der Waals surface area contributed by atoms with Crippen LogP contribution >= 0.6 is 24.0 Å². The van der Waals surface area contributed by atoms with E-state index in [4.69, 9.17) is 5.73 Å². The number of piperidine rings is 1. The van der Waals surface area contributed by atoms with Crippen molar-refractivity contribution >= 4 is 40.0 Å². The summed E-state index contributed by atoms with van der Waals surface area (Å²) in [4.78, 5) is 6.21. The van der Waals surface area contributed by atoms with E-state index in [0.717, 1.165) is 31.5 Å². The molecular formula is C15H25IN4O2S. The lowest BCUT2D eigenvalue weighted by Gasteiger charge is -2.27. The third kappa shape index (κ3) is 7.49. The Bertz CT molecular complexity index is 587. The molecule has 1 aromatic rings. The van der Waals surface area contributed by atoms with E-state index < -0.39 is 10.0 Å². The molecule has 1 saturated heterocycles. The number of nitrogens with two attached hydrogens (primary N) is 1. The van der Waals surface area contributed by atoms with Crippen LogP contribution in [0.5, 0.6) is 0 Å². The fraction of sp³-hybridized carbons (Fsp3) is 0.533. The highest BCUT2D eigenvalue weighted by Gasteiger charge is 2.13. The lowest BCUT2D eigenvalue weighted by atomic mass is 10.1. The molecule has 0 unspecified atom stereocenters. The molecule has 1 aliphatic rings. The molecular weight excluding hydrogens is 427 g/mol. The van der Waals surface area contributed by atoms with Gasteiger partial charge in [0.1, 0.15) is 0 Å². The molecule has 2 rings (SSSR count). The number of rotatable bonds is 6. The van der Waals surface area contributed by atoms with Crippen LogP contribution in [0, 0.1) is 0 Å². The number of halogens is 1. The maximum absolute atomic E-state index is 11.9. The van der Waals surface area contributed by atoms with Crippen molar-refractivity contribution in [2.24, 2.45) is 10.7 Å². The second-order valence-corrected chi connectivity index (χ2v) is 7.34. The first-order valence-electron chi connectivity index (χ1n) is 7.63. The van der Waals surface area contributed by atoms with Crippen molar-refractivity contribution < 1.29 is 8.42 Å². The monoisotopic (exact) mass is 452 g/mol. The quantitative estimate of drug-likeness (QED) is 0.389. The van der Waals surface area contributed by atoms with Crippen LogP contribution in [0.25, 0.3) is 0 Å². The number of guanidine groups is 1. The van der Waals surface area contributed by atoms with E-state index in [1.807, 2.05) is 35.2 Å². The second-order valence-electron chi connectivity index (χ2n) is 5.41. The van der Waals surface area contributed by atoms with Gasteiger partial charge in [-0.05, 0) is 24.8 Å². The summed E-state index contributed by atoms with van der Waals surface area (Å²) in [6, 6.07) is 9.43. The van der Waals surface area contributed by atoms with Crippen LogP contribution in [0.3, 0.4) is 0 Å². The van der Waals surface area contributed by atoms with Gasteiger partial charge in [0.15, 0.2) is 5.96 Å². The molecule has 0 radical (unpaired) electrons. The number of hydrogen-bond donors (Lipinski definition) is 2. The number of likely N-dealkylation sites (tertiary alicyclic amines) is 1. The van der Waals surface area contributed by atoms with Crippen molar-refractivity contribution in [2.75, 3.05) is 25.4 Å². The Morgan fingerprint density at radius 2 is 1.83 bits per heavy atom. The Kier molecular flexibility index (Phi) is 8.85. The number of hydrogen-bond acceptors (Lipinski definition) is 3. The zero-order chi connectivity index (χ0) is 15.8. The molecule has 0 aromatic heterocycles. The highest BCUT2D eigenvalue weighted by molar-refractivity contribution is 14.0. The maximum Gasteiger partial charge on any atom is 0.213 e. The number of nitrogens with one attached hydrogen (secondary N) is 1. The fourth-order valence-corrected chi connectivity index (χ4v) is 3.23. The number of benzene rings is 1. The first-order valence-corrected chi connectivity index (χ1v) is 9.28. The maximum atomic E-state index is 11.9. The van der Waals surface area contributed by atoms with Crippen LogP contribution in [0.4, 0.5) is 0 Å². The second kappa shape index (κ2) is 10.1. The summed E-state index contributed by atoms with van der Waals surface area (Å²) in [5, 5.41) is 0. The van der Waals surface area contributed by atoms with Crippen molar-refractivity contribution in [2.45, 2.75) is 25.8 Å². The average Bonchev–Trinajstić information content (AvgIpc) is 2.55. The van der Waals surface area contributed by atoms with E-state index in [0.29, 0.717) is 12.5 Å². The van der Waals surface area contributed by atoms with Crippen molar-refractivity contribution in [3.63, 3.8) is 0 Å². The summed E-state index contributed by atoms with van der Waals surface area (Å²) in [5.41, 5.74) is 6.84. The molecule has 1 aromatic carbocycles. The Balaban J connectivity index is 0.00000264. The minimum atomic E-state index is -3.34. The van der Waals surface area contributed by atoms with E-state index in [9.17, 15) is 8.42 Å². The Hall–Kier alpha value is -0.870. The number of sulfonamides is 1. The largest absolute Gasteiger partial charge is 0.370 e. The third-order valence-electron chi connectivity index (χ3n) is 3.65. The number of aliphatic imine (C=N–C) groups is 1. The van der Waals surface area contributed by atoms with Gasteiger partial charge in [-0.2, -0.15) is 0 Å². The highest BCUT2D eigenvalue weighted by atomic mass is 127. The van der Waals surface area contributed by atoms with Gasteiger partial charge in [0.2, 0.25) is 10.0 Å². The van der Waals surface area contributed by atoms with Gasteiger partial charge in [0.25, 0.3) is 0 Å². The molecule has 0 aliphatic carbocycles. The van der Waals surface area contributed by atoms with Gasteiger partial charge in [-0.3, -0.25) is 4.99 Å². The molecule has 8 heteroatoms. The predicted molar refractivity (Wildman–Crippen MR) is 104 cm³/mol. The zero-order valence-electron chi connectivity index (χ0n) is 13.1. The van der Waals surface area contributed by atoms with Crippen LogP contribution < -0.4 is 10.5 Å². The van der Waals surface area contributed by atoms with Gasteiger partial charge in [-0.15, -0.1) is 24.0 Å². The first kappa shape index (κ1) is 20.2. The minimum Gasteiger partial charge on any atom is -0.370 e. The molecule has 0 saturated carbocycles. The van der Waals surface area contributed by atoms with Gasteiger partial charge in [-0.25, -0.2) is 13.1 Å².